The van der Waals surface area contributed by atoms with E-state index in [0.29, 0.717) is 5.75 Å². The molecule has 96 valence electrons. The van der Waals surface area contributed by atoms with Crippen molar-refractivity contribution in [1.82, 2.24) is 0 Å². The summed E-state index contributed by atoms with van der Waals surface area (Å²) in [6, 6.07) is 6.47. The summed E-state index contributed by atoms with van der Waals surface area (Å²) in [6.45, 7) is 0. The third-order valence-corrected chi connectivity index (χ3v) is 2.26. The lowest BCUT2D eigenvalue weighted by Gasteiger charge is -2.03. The van der Waals surface area contributed by atoms with Crippen molar-refractivity contribution < 1.29 is 19.6 Å². The van der Waals surface area contributed by atoms with Crippen LogP contribution < -0.4 is 9.72 Å². The molecule has 0 unspecified atom stereocenters. The van der Waals surface area contributed by atoms with Crippen molar-refractivity contribution in [2.75, 3.05) is 0 Å². The SMILES string of the molecule is O=[N+]([O-])c1ccc(Oc2ccc[nH+]c2)c([N+](=O)[O-])c1. The summed E-state index contributed by atoms with van der Waals surface area (Å²) >= 11 is 0. The number of nitro benzene ring substituents is 2. The summed E-state index contributed by atoms with van der Waals surface area (Å²) < 4.78 is 5.31. The van der Waals surface area contributed by atoms with E-state index in [9.17, 15) is 20.2 Å². The molecule has 1 aromatic heterocycles. The normalized spacial score (nSPS) is 9.89. The van der Waals surface area contributed by atoms with Crippen LogP contribution in [0.4, 0.5) is 11.4 Å². The van der Waals surface area contributed by atoms with Gasteiger partial charge in [-0.15, -0.1) is 0 Å². The number of hydrogen-bond donors (Lipinski definition) is 0. The molecule has 1 heterocycles. The minimum absolute atomic E-state index is 0.0600. The average molecular weight is 262 g/mol. The fourth-order valence-corrected chi connectivity index (χ4v) is 1.42. The maximum absolute atomic E-state index is 10.9. The topological polar surface area (TPSA) is 110 Å². The summed E-state index contributed by atoms with van der Waals surface area (Å²) in [7, 11) is 0. The number of aromatic amines is 1. The highest BCUT2D eigenvalue weighted by molar-refractivity contribution is 5.54. The van der Waals surface area contributed by atoms with Crippen molar-refractivity contribution in [2.24, 2.45) is 0 Å². The number of benzene rings is 1. The molecule has 0 saturated carbocycles. The molecule has 0 aliphatic heterocycles. The predicted molar refractivity (Wildman–Crippen MR) is 62.8 cm³/mol. The molecule has 0 radical (unpaired) electrons. The predicted octanol–water partition coefficient (Wildman–Crippen LogP) is 2.11. The number of H-pyrrole nitrogens is 1. The third-order valence-electron chi connectivity index (χ3n) is 2.26. The Bertz CT molecular complexity index is 629. The molecule has 0 saturated heterocycles. The van der Waals surface area contributed by atoms with Crippen LogP contribution in [0.3, 0.4) is 0 Å². The van der Waals surface area contributed by atoms with Gasteiger partial charge < -0.3 is 4.74 Å². The number of ether oxygens (including phenoxy) is 1. The van der Waals surface area contributed by atoms with Crippen molar-refractivity contribution in [1.29, 1.82) is 0 Å². The molecule has 0 aliphatic rings. The summed E-state index contributed by atoms with van der Waals surface area (Å²) in [6.07, 6.45) is 3.16. The Morgan fingerprint density at radius 2 is 1.89 bits per heavy atom. The number of nitrogens with zero attached hydrogens (tertiary/aromatic N) is 2. The Morgan fingerprint density at radius 1 is 1.11 bits per heavy atom. The van der Waals surface area contributed by atoms with E-state index in [1.54, 1.807) is 18.3 Å². The second-order valence-electron chi connectivity index (χ2n) is 3.51. The highest BCUT2D eigenvalue weighted by Crippen LogP contribution is 2.33. The van der Waals surface area contributed by atoms with Gasteiger partial charge in [-0.25, -0.2) is 4.98 Å². The Kier molecular flexibility index (Phi) is 3.33. The molecular formula is C11H8N3O5+. The van der Waals surface area contributed by atoms with E-state index in [1.165, 1.54) is 12.3 Å². The standard InChI is InChI=1S/C11H7N3O5/c15-13(16)8-3-4-11(10(6-8)14(17)18)19-9-2-1-5-12-7-9/h1-7H/p+1. The minimum Gasteiger partial charge on any atom is -0.444 e. The number of rotatable bonds is 4. The second-order valence-corrected chi connectivity index (χ2v) is 3.51. The van der Waals surface area contributed by atoms with Crippen LogP contribution in [-0.2, 0) is 0 Å². The van der Waals surface area contributed by atoms with Crippen LogP contribution in [0.1, 0.15) is 0 Å². The lowest BCUT2D eigenvalue weighted by atomic mass is 10.2. The Balaban J connectivity index is 2.40. The third kappa shape index (κ3) is 2.80. The Labute approximate surface area is 106 Å². The van der Waals surface area contributed by atoms with Crippen LogP contribution in [0.15, 0.2) is 42.7 Å². The molecular weight excluding hydrogens is 254 g/mol. The maximum Gasteiger partial charge on any atom is 0.318 e. The van der Waals surface area contributed by atoms with Gasteiger partial charge in [-0.05, 0) is 12.1 Å². The van der Waals surface area contributed by atoms with E-state index in [-0.39, 0.29) is 11.4 Å². The number of nitrogens with one attached hydrogen (secondary N) is 1. The lowest BCUT2D eigenvalue weighted by molar-refractivity contribution is -0.394. The van der Waals surface area contributed by atoms with Crippen molar-refractivity contribution in [3.05, 3.63) is 63.0 Å². The first-order chi connectivity index (χ1) is 9.08. The van der Waals surface area contributed by atoms with Gasteiger partial charge in [0.1, 0.15) is 0 Å². The Hall–Kier alpha value is -3.03. The first-order valence-corrected chi connectivity index (χ1v) is 5.15. The molecule has 1 aromatic carbocycles. The van der Waals surface area contributed by atoms with Crippen molar-refractivity contribution in [2.45, 2.75) is 0 Å². The highest BCUT2D eigenvalue weighted by atomic mass is 16.6. The quantitative estimate of drug-likeness (QED) is 0.619. The summed E-state index contributed by atoms with van der Waals surface area (Å²) in [5, 5.41) is 21.5. The fourth-order valence-electron chi connectivity index (χ4n) is 1.42. The average Bonchev–Trinajstić information content (AvgIpc) is 2.39. The number of nitro groups is 2. The van der Waals surface area contributed by atoms with Crippen molar-refractivity contribution in [3.8, 4) is 11.5 Å². The molecule has 8 nitrogen and oxygen atoms in total. The van der Waals surface area contributed by atoms with Gasteiger partial charge in [0, 0.05) is 12.1 Å². The fraction of sp³-hybridized carbons (Fsp3) is 0. The van der Waals surface area contributed by atoms with Gasteiger partial charge >= 0.3 is 5.69 Å². The van der Waals surface area contributed by atoms with Crippen molar-refractivity contribution in [3.63, 3.8) is 0 Å². The Morgan fingerprint density at radius 3 is 2.47 bits per heavy atom. The zero-order valence-electron chi connectivity index (χ0n) is 9.48. The zero-order chi connectivity index (χ0) is 13.8. The van der Waals surface area contributed by atoms with E-state index in [0.717, 1.165) is 12.1 Å². The van der Waals surface area contributed by atoms with Crippen LogP contribution in [0.2, 0.25) is 0 Å². The van der Waals surface area contributed by atoms with Gasteiger partial charge in [-0.3, -0.25) is 20.2 Å². The molecule has 8 heteroatoms. The van der Waals surface area contributed by atoms with Gasteiger partial charge in [-0.2, -0.15) is 0 Å². The van der Waals surface area contributed by atoms with Crippen LogP contribution in [0.25, 0.3) is 0 Å². The number of pyridine rings is 1. The van der Waals surface area contributed by atoms with Crippen LogP contribution >= 0.6 is 0 Å². The first kappa shape index (κ1) is 12.4. The molecule has 2 aromatic rings. The molecule has 0 bridgehead atoms. The van der Waals surface area contributed by atoms with E-state index in [2.05, 4.69) is 4.98 Å². The van der Waals surface area contributed by atoms with Crippen LogP contribution in [0, 0.1) is 20.2 Å². The molecule has 0 aliphatic carbocycles. The monoisotopic (exact) mass is 262 g/mol. The zero-order valence-corrected chi connectivity index (χ0v) is 9.48. The number of hydrogen-bond acceptors (Lipinski definition) is 5. The lowest BCUT2D eigenvalue weighted by Crippen LogP contribution is -2.00. The first-order valence-electron chi connectivity index (χ1n) is 5.15. The van der Waals surface area contributed by atoms with Gasteiger partial charge in [0.05, 0.1) is 15.9 Å². The van der Waals surface area contributed by atoms with Crippen LogP contribution in [0.5, 0.6) is 11.5 Å². The molecule has 2 rings (SSSR count). The maximum atomic E-state index is 10.9. The van der Waals surface area contributed by atoms with Gasteiger partial charge in [0.2, 0.25) is 11.9 Å². The number of non-ortho nitro benzene ring substituents is 1. The summed E-state index contributed by atoms with van der Waals surface area (Å²) in [4.78, 5) is 22.8. The molecule has 0 spiro atoms. The minimum atomic E-state index is -0.727. The van der Waals surface area contributed by atoms with Crippen molar-refractivity contribution >= 4 is 11.4 Å². The van der Waals surface area contributed by atoms with E-state index >= 15 is 0 Å². The molecule has 0 amide bonds. The molecule has 1 N–H and O–H groups in total. The van der Waals surface area contributed by atoms with E-state index in [1.807, 2.05) is 0 Å². The highest BCUT2D eigenvalue weighted by Gasteiger charge is 2.21. The second kappa shape index (κ2) is 5.08. The largest absolute Gasteiger partial charge is 0.444 e. The van der Waals surface area contributed by atoms with Gasteiger partial charge in [0.15, 0.2) is 11.9 Å². The molecule has 19 heavy (non-hydrogen) atoms. The van der Waals surface area contributed by atoms with Gasteiger partial charge in [0.25, 0.3) is 5.69 Å². The molecule has 0 atom stereocenters. The smallest absolute Gasteiger partial charge is 0.318 e. The van der Waals surface area contributed by atoms with Crippen LogP contribution in [-0.4, -0.2) is 9.85 Å². The van der Waals surface area contributed by atoms with E-state index in [4.69, 9.17) is 4.74 Å². The van der Waals surface area contributed by atoms with Gasteiger partial charge in [-0.1, -0.05) is 0 Å². The summed E-state index contributed by atoms with van der Waals surface area (Å²) in [5.74, 6) is 0.301. The number of aromatic nitrogens is 1. The van der Waals surface area contributed by atoms with E-state index < -0.39 is 15.5 Å². The summed E-state index contributed by atoms with van der Waals surface area (Å²) in [5.41, 5.74) is -0.822. The molecule has 0 fully saturated rings.